The third-order valence-electron chi connectivity index (χ3n) is 3.50. The van der Waals surface area contributed by atoms with Crippen LogP contribution < -0.4 is 10.1 Å². The second-order valence-corrected chi connectivity index (χ2v) is 6.02. The summed E-state index contributed by atoms with van der Waals surface area (Å²) in [6.07, 6.45) is 1.30. The van der Waals surface area contributed by atoms with E-state index in [0.717, 1.165) is 39.9 Å². The molecule has 0 unspecified atom stereocenters. The van der Waals surface area contributed by atoms with Gasteiger partial charge >= 0.3 is 0 Å². The standard InChI is InChI=1S/C17H17BrN4O2/c1-24-14-7-5-13(6-8-14)22-20-15-9-4-12(11-16(15)21-22)19-17(23)3-2-10-18/h4-9,11H,2-3,10H2,1H3,(H,19,23). The van der Waals surface area contributed by atoms with Crippen LogP contribution in [0.4, 0.5) is 5.69 Å². The van der Waals surface area contributed by atoms with Crippen molar-refractivity contribution in [3.05, 3.63) is 42.5 Å². The number of nitrogens with zero attached hydrogens (tertiary/aromatic N) is 3. The van der Waals surface area contributed by atoms with E-state index in [0.29, 0.717) is 6.42 Å². The minimum atomic E-state index is -0.00338. The molecular weight excluding hydrogens is 372 g/mol. The normalized spacial score (nSPS) is 10.8. The van der Waals surface area contributed by atoms with Crippen LogP contribution in [0.25, 0.3) is 16.7 Å². The number of benzene rings is 2. The van der Waals surface area contributed by atoms with Crippen molar-refractivity contribution < 1.29 is 9.53 Å². The highest BCUT2D eigenvalue weighted by Gasteiger charge is 2.08. The molecule has 24 heavy (non-hydrogen) atoms. The molecule has 0 fully saturated rings. The maximum absolute atomic E-state index is 11.8. The van der Waals surface area contributed by atoms with Gasteiger partial charge in [-0.2, -0.15) is 4.80 Å². The fraction of sp³-hybridized carbons (Fsp3) is 0.235. The lowest BCUT2D eigenvalue weighted by Gasteiger charge is -2.03. The van der Waals surface area contributed by atoms with Crippen molar-refractivity contribution in [2.75, 3.05) is 17.8 Å². The Morgan fingerprint density at radius 3 is 2.62 bits per heavy atom. The first-order chi connectivity index (χ1) is 11.7. The van der Waals surface area contributed by atoms with Crippen molar-refractivity contribution in [1.29, 1.82) is 0 Å². The molecule has 6 nitrogen and oxygen atoms in total. The van der Waals surface area contributed by atoms with Crippen molar-refractivity contribution in [1.82, 2.24) is 15.0 Å². The number of alkyl halides is 1. The summed E-state index contributed by atoms with van der Waals surface area (Å²) < 4.78 is 5.15. The number of fused-ring (bicyclic) bond motifs is 1. The summed E-state index contributed by atoms with van der Waals surface area (Å²) in [5.41, 5.74) is 3.06. The number of carbonyl (C=O) groups is 1. The molecule has 0 bridgehead atoms. The van der Waals surface area contributed by atoms with Crippen molar-refractivity contribution in [3.8, 4) is 11.4 Å². The molecule has 1 aromatic heterocycles. The van der Waals surface area contributed by atoms with Gasteiger partial charge in [0, 0.05) is 17.4 Å². The predicted molar refractivity (Wildman–Crippen MR) is 97.1 cm³/mol. The van der Waals surface area contributed by atoms with E-state index in [9.17, 15) is 4.79 Å². The van der Waals surface area contributed by atoms with Gasteiger partial charge in [-0.3, -0.25) is 4.79 Å². The number of ether oxygens (including phenoxy) is 1. The monoisotopic (exact) mass is 388 g/mol. The predicted octanol–water partition coefficient (Wildman–Crippen LogP) is 3.54. The number of nitrogens with one attached hydrogen (secondary N) is 1. The first-order valence-electron chi connectivity index (χ1n) is 7.57. The maximum Gasteiger partial charge on any atom is 0.224 e. The minimum Gasteiger partial charge on any atom is -0.497 e. The highest BCUT2D eigenvalue weighted by atomic mass is 79.9. The van der Waals surface area contributed by atoms with E-state index in [1.165, 1.54) is 0 Å². The molecule has 1 amide bonds. The van der Waals surface area contributed by atoms with Crippen molar-refractivity contribution >= 4 is 38.6 Å². The molecule has 124 valence electrons. The lowest BCUT2D eigenvalue weighted by Crippen LogP contribution is -2.11. The molecule has 0 saturated carbocycles. The summed E-state index contributed by atoms with van der Waals surface area (Å²) >= 11 is 3.32. The van der Waals surface area contributed by atoms with Crippen LogP contribution in [-0.2, 0) is 4.79 Å². The molecule has 0 radical (unpaired) electrons. The SMILES string of the molecule is COc1ccc(-n2nc3ccc(NC(=O)CCCBr)cc3n2)cc1. The largest absolute Gasteiger partial charge is 0.497 e. The lowest BCUT2D eigenvalue weighted by atomic mass is 10.2. The molecule has 1 N–H and O–H groups in total. The van der Waals surface area contributed by atoms with Crippen molar-refractivity contribution in [2.24, 2.45) is 0 Å². The van der Waals surface area contributed by atoms with Gasteiger partial charge in [-0.1, -0.05) is 15.9 Å². The Kier molecular flexibility index (Phi) is 5.10. The summed E-state index contributed by atoms with van der Waals surface area (Å²) in [5, 5.41) is 12.6. The molecule has 0 aliphatic rings. The molecule has 7 heteroatoms. The molecule has 0 atom stereocenters. The van der Waals surface area contributed by atoms with E-state index in [4.69, 9.17) is 4.74 Å². The number of halogens is 1. The molecule has 0 aliphatic heterocycles. The Balaban J connectivity index is 1.81. The highest BCUT2D eigenvalue weighted by Crippen LogP contribution is 2.19. The van der Waals surface area contributed by atoms with Gasteiger partial charge < -0.3 is 10.1 Å². The topological polar surface area (TPSA) is 69.0 Å². The molecule has 3 aromatic rings. The van der Waals surface area contributed by atoms with Gasteiger partial charge in [0.05, 0.1) is 12.8 Å². The van der Waals surface area contributed by atoms with Crippen LogP contribution in [0.1, 0.15) is 12.8 Å². The quantitative estimate of drug-likeness (QED) is 0.655. The number of carbonyl (C=O) groups excluding carboxylic acids is 1. The number of methoxy groups -OCH3 is 1. The van der Waals surface area contributed by atoms with Crippen LogP contribution in [-0.4, -0.2) is 33.3 Å². The number of anilines is 1. The Morgan fingerprint density at radius 1 is 1.17 bits per heavy atom. The van der Waals surface area contributed by atoms with Gasteiger partial charge in [0.15, 0.2) is 0 Å². The smallest absolute Gasteiger partial charge is 0.224 e. The minimum absolute atomic E-state index is 0.00338. The first-order valence-corrected chi connectivity index (χ1v) is 8.69. The molecule has 2 aromatic carbocycles. The zero-order chi connectivity index (χ0) is 16.9. The summed E-state index contributed by atoms with van der Waals surface area (Å²) in [6.45, 7) is 0. The van der Waals surface area contributed by atoms with Crippen molar-refractivity contribution in [2.45, 2.75) is 12.8 Å². The fourth-order valence-electron chi connectivity index (χ4n) is 2.27. The molecule has 0 saturated heterocycles. The first kappa shape index (κ1) is 16.4. The molecule has 3 rings (SSSR count). The van der Waals surface area contributed by atoms with E-state index in [1.54, 1.807) is 11.9 Å². The summed E-state index contributed by atoms with van der Waals surface area (Å²) in [6, 6.07) is 13.0. The number of aromatic nitrogens is 3. The highest BCUT2D eigenvalue weighted by molar-refractivity contribution is 9.09. The van der Waals surface area contributed by atoms with Crippen LogP contribution in [0.2, 0.25) is 0 Å². The average molecular weight is 389 g/mol. The van der Waals surface area contributed by atoms with Crippen LogP contribution in [0.3, 0.4) is 0 Å². The summed E-state index contributed by atoms with van der Waals surface area (Å²) in [5.74, 6) is 0.778. The molecular formula is C17H17BrN4O2. The third-order valence-corrected chi connectivity index (χ3v) is 4.07. The van der Waals surface area contributed by atoms with E-state index in [-0.39, 0.29) is 5.91 Å². The molecule has 1 heterocycles. The van der Waals surface area contributed by atoms with Gasteiger partial charge in [0.1, 0.15) is 16.8 Å². The number of hydrogen-bond acceptors (Lipinski definition) is 4. The van der Waals surface area contributed by atoms with Crippen LogP contribution >= 0.6 is 15.9 Å². The van der Waals surface area contributed by atoms with E-state index >= 15 is 0 Å². The van der Waals surface area contributed by atoms with Gasteiger partial charge in [-0.25, -0.2) is 0 Å². The Labute approximate surface area is 147 Å². The average Bonchev–Trinajstić information content (AvgIpc) is 3.03. The van der Waals surface area contributed by atoms with Crippen molar-refractivity contribution in [3.63, 3.8) is 0 Å². The second-order valence-electron chi connectivity index (χ2n) is 5.23. The van der Waals surface area contributed by atoms with Gasteiger partial charge in [-0.05, 0) is 48.9 Å². The van der Waals surface area contributed by atoms with Crippen LogP contribution in [0, 0.1) is 0 Å². The van der Waals surface area contributed by atoms with E-state index in [2.05, 4.69) is 31.4 Å². The lowest BCUT2D eigenvalue weighted by molar-refractivity contribution is -0.116. The zero-order valence-electron chi connectivity index (χ0n) is 13.2. The number of amides is 1. The van der Waals surface area contributed by atoms with Gasteiger partial charge in [0.2, 0.25) is 5.91 Å². The summed E-state index contributed by atoms with van der Waals surface area (Å²) in [4.78, 5) is 13.4. The molecule has 0 aliphatic carbocycles. The van der Waals surface area contributed by atoms with Crippen LogP contribution in [0.5, 0.6) is 5.75 Å². The summed E-state index contributed by atoms with van der Waals surface area (Å²) in [7, 11) is 1.63. The zero-order valence-corrected chi connectivity index (χ0v) is 14.8. The van der Waals surface area contributed by atoms with E-state index < -0.39 is 0 Å². The van der Waals surface area contributed by atoms with Crippen LogP contribution in [0.15, 0.2) is 42.5 Å². The Morgan fingerprint density at radius 2 is 1.92 bits per heavy atom. The second kappa shape index (κ2) is 7.44. The van der Waals surface area contributed by atoms with Gasteiger partial charge in [0.25, 0.3) is 0 Å². The molecule has 0 spiro atoms. The fourth-order valence-corrected chi connectivity index (χ4v) is 2.55. The Bertz CT molecular complexity index is 845. The third kappa shape index (κ3) is 3.73. The Hall–Kier alpha value is -2.41. The number of hydrogen-bond donors (Lipinski definition) is 1. The van der Waals surface area contributed by atoms with E-state index in [1.807, 2.05) is 42.5 Å². The number of rotatable bonds is 6. The maximum atomic E-state index is 11.8. The van der Waals surface area contributed by atoms with Gasteiger partial charge in [-0.15, -0.1) is 10.2 Å².